The van der Waals surface area contributed by atoms with Crippen molar-refractivity contribution in [3.05, 3.63) is 34.8 Å². The molecule has 0 spiro atoms. The van der Waals surface area contributed by atoms with E-state index in [9.17, 15) is 4.79 Å². The molecule has 3 heterocycles. The molecular weight excluding hydrogens is 380 g/mol. The first-order chi connectivity index (χ1) is 13.1. The zero-order chi connectivity index (χ0) is 18.8. The maximum Gasteiger partial charge on any atom is 0.233 e. The van der Waals surface area contributed by atoms with Crippen molar-refractivity contribution in [2.45, 2.75) is 18.9 Å². The summed E-state index contributed by atoms with van der Waals surface area (Å²) in [6.45, 7) is 6.57. The standard InChI is InChI=1S/C19H20N4O2S2/c1-12-3-5-14(6-4-12)16-18-17(20-13(2)27-18)19(22-21-16)26-11-15(24)23-7-9-25-10-8-23/h3-6H,7-11H2,1-2H3. The molecule has 0 radical (unpaired) electrons. The quantitative estimate of drug-likeness (QED) is 0.626. The average Bonchev–Trinajstić information content (AvgIpc) is 3.09. The van der Waals surface area contributed by atoms with Gasteiger partial charge in [0.05, 0.1) is 28.7 Å². The number of thiazole rings is 1. The summed E-state index contributed by atoms with van der Waals surface area (Å²) in [6.07, 6.45) is 0. The van der Waals surface area contributed by atoms with Gasteiger partial charge in [0.1, 0.15) is 16.2 Å². The Morgan fingerprint density at radius 1 is 1.19 bits per heavy atom. The van der Waals surface area contributed by atoms with Crippen molar-refractivity contribution in [3.8, 4) is 11.3 Å². The highest BCUT2D eigenvalue weighted by Gasteiger charge is 2.20. The van der Waals surface area contributed by atoms with Crippen LogP contribution in [0, 0.1) is 13.8 Å². The summed E-state index contributed by atoms with van der Waals surface area (Å²) in [5, 5.41) is 10.5. The highest BCUT2D eigenvalue weighted by atomic mass is 32.2. The third-order valence-corrected chi connectivity index (χ3v) is 6.33. The largest absolute Gasteiger partial charge is 0.378 e. The molecule has 27 heavy (non-hydrogen) atoms. The van der Waals surface area contributed by atoms with Crippen molar-refractivity contribution < 1.29 is 9.53 Å². The summed E-state index contributed by atoms with van der Waals surface area (Å²) in [5.41, 5.74) is 3.92. The van der Waals surface area contributed by atoms with Crippen LogP contribution >= 0.6 is 23.1 Å². The zero-order valence-corrected chi connectivity index (χ0v) is 16.9. The van der Waals surface area contributed by atoms with E-state index in [2.05, 4.69) is 46.4 Å². The number of hydrogen-bond donors (Lipinski definition) is 0. The molecule has 1 aliphatic heterocycles. The second kappa shape index (κ2) is 7.92. The van der Waals surface area contributed by atoms with E-state index in [1.54, 1.807) is 11.3 Å². The minimum Gasteiger partial charge on any atom is -0.378 e. The van der Waals surface area contributed by atoms with Gasteiger partial charge in [-0.3, -0.25) is 4.79 Å². The summed E-state index contributed by atoms with van der Waals surface area (Å²) in [5.74, 6) is 0.442. The Hall–Kier alpha value is -2.03. The monoisotopic (exact) mass is 400 g/mol. The second-order valence-electron chi connectivity index (χ2n) is 6.41. The molecule has 0 saturated carbocycles. The molecule has 6 nitrogen and oxygen atoms in total. The van der Waals surface area contributed by atoms with Gasteiger partial charge in [0, 0.05) is 18.7 Å². The van der Waals surface area contributed by atoms with Crippen LogP contribution in [0.1, 0.15) is 10.6 Å². The highest BCUT2D eigenvalue weighted by Crippen LogP contribution is 2.35. The van der Waals surface area contributed by atoms with Crippen LogP contribution in [-0.4, -0.2) is 58.0 Å². The molecule has 0 bridgehead atoms. The topological polar surface area (TPSA) is 68.2 Å². The minimum atomic E-state index is 0.104. The number of benzene rings is 1. The third-order valence-electron chi connectivity index (χ3n) is 4.41. The van der Waals surface area contributed by atoms with E-state index < -0.39 is 0 Å². The number of aromatic nitrogens is 3. The van der Waals surface area contributed by atoms with Gasteiger partial charge in [0.25, 0.3) is 0 Å². The molecule has 140 valence electrons. The number of aryl methyl sites for hydroxylation is 2. The van der Waals surface area contributed by atoms with E-state index in [-0.39, 0.29) is 5.91 Å². The van der Waals surface area contributed by atoms with E-state index in [4.69, 9.17) is 4.74 Å². The highest BCUT2D eigenvalue weighted by molar-refractivity contribution is 8.00. The molecular formula is C19H20N4O2S2. The zero-order valence-electron chi connectivity index (χ0n) is 15.3. The van der Waals surface area contributed by atoms with E-state index in [1.807, 2.05) is 11.8 Å². The van der Waals surface area contributed by atoms with Crippen molar-refractivity contribution >= 4 is 39.2 Å². The predicted octanol–water partition coefficient (Wildman–Crippen LogP) is 3.32. The SMILES string of the molecule is Cc1ccc(-c2nnc(SCC(=O)N3CCOCC3)c3nc(C)sc23)cc1. The maximum absolute atomic E-state index is 12.4. The van der Waals surface area contributed by atoms with Crippen LogP contribution < -0.4 is 0 Å². The van der Waals surface area contributed by atoms with Gasteiger partial charge in [-0.2, -0.15) is 0 Å². The van der Waals surface area contributed by atoms with Gasteiger partial charge in [-0.15, -0.1) is 21.5 Å². The third kappa shape index (κ3) is 3.97. The normalized spacial score (nSPS) is 14.7. The number of carbonyl (C=O) groups is 1. The van der Waals surface area contributed by atoms with Crippen molar-refractivity contribution in [3.63, 3.8) is 0 Å². The molecule has 0 N–H and O–H groups in total. The summed E-state index contributed by atoms with van der Waals surface area (Å²) in [4.78, 5) is 18.9. The number of morpholine rings is 1. The number of fused-ring (bicyclic) bond motifs is 1. The second-order valence-corrected chi connectivity index (χ2v) is 8.58. The molecule has 3 aromatic rings. The molecule has 1 aliphatic rings. The Morgan fingerprint density at radius 2 is 1.93 bits per heavy atom. The lowest BCUT2D eigenvalue weighted by Crippen LogP contribution is -2.41. The Bertz CT molecular complexity index is 966. The smallest absolute Gasteiger partial charge is 0.233 e. The summed E-state index contributed by atoms with van der Waals surface area (Å²) < 4.78 is 6.32. The van der Waals surface area contributed by atoms with Crippen LogP contribution in [0.4, 0.5) is 0 Å². The molecule has 1 amide bonds. The maximum atomic E-state index is 12.4. The molecule has 0 aliphatic carbocycles. The van der Waals surface area contributed by atoms with Crippen LogP contribution in [0.25, 0.3) is 21.5 Å². The average molecular weight is 401 g/mol. The van der Waals surface area contributed by atoms with Gasteiger partial charge >= 0.3 is 0 Å². The van der Waals surface area contributed by atoms with Gasteiger partial charge in [0.15, 0.2) is 0 Å². The Kier molecular flexibility index (Phi) is 5.38. The Labute approximate surface area is 166 Å². The predicted molar refractivity (Wildman–Crippen MR) is 108 cm³/mol. The molecule has 0 atom stereocenters. The number of amides is 1. The first-order valence-electron chi connectivity index (χ1n) is 8.81. The number of rotatable bonds is 4. The summed E-state index contributed by atoms with van der Waals surface area (Å²) in [7, 11) is 0. The number of ether oxygens (including phenoxy) is 1. The van der Waals surface area contributed by atoms with Crippen LogP contribution in [0.2, 0.25) is 0 Å². The lowest BCUT2D eigenvalue weighted by molar-refractivity contribution is -0.132. The first kappa shape index (κ1) is 18.3. The Balaban J connectivity index is 1.60. The van der Waals surface area contributed by atoms with E-state index in [1.165, 1.54) is 17.3 Å². The van der Waals surface area contributed by atoms with Gasteiger partial charge in [0.2, 0.25) is 5.91 Å². The molecule has 8 heteroatoms. The molecule has 1 saturated heterocycles. The van der Waals surface area contributed by atoms with Crippen molar-refractivity contribution in [1.29, 1.82) is 0 Å². The number of hydrogen-bond acceptors (Lipinski definition) is 7. The van der Waals surface area contributed by atoms with Gasteiger partial charge in [-0.05, 0) is 13.8 Å². The summed E-state index contributed by atoms with van der Waals surface area (Å²) in [6, 6.07) is 8.26. The fourth-order valence-corrected chi connectivity index (χ4v) is 4.77. The minimum absolute atomic E-state index is 0.104. The lowest BCUT2D eigenvalue weighted by atomic mass is 10.1. The number of nitrogens with zero attached hydrogens (tertiary/aromatic N) is 4. The van der Waals surface area contributed by atoms with Crippen LogP contribution in [0.15, 0.2) is 29.3 Å². The Morgan fingerprint density at radius 3 is 2.67 bits per heavy atom. The van der Waals surface area contributed by atoms with Gasteiger partial charge in [-0.1, -0.05) is 41.6 Å². The molecule has 4 rings (SSSR count). The van der Waals surface area contributed by atoms with Crippen molar-refractivity contribution in [2.75, 3.05) is 32.1 Å². The number of thioether (sulfide) groups is 1. The van der Waals surface area contributed by atoms with E-state index >= 15 is 0 Å². The van der Waals surface area contributed by atoms with Gasteiger partial charge < -0.3 is 9.64 Å². The summed E-state index contributed by atoms with van der Waals surface area (Å²) >= 11 is 3.03. The first-order valence-corrected chi connectivity index (χ1v) is 10.6. The fourth-order valence-electron chi connectivity index (χ4n) is 2.95. The van der Waals surface area contributed by atoms with Gasteiger partial charge in [-0.25, -0.2) is 4.98 Å². The molecule has 1 aromatic carbocycles. The number of carbonyl (C=O) groups excluding carboxylic acids is 1. The molecule has 1 fully saturated rings. The lowest BCUT2D eigenvalue weighted by Gasteiger charge is -2.26. The van der Waals surface area contributed by atoms with Crippen molar-refractivity contribution in [2.24, 2.45) is 0 Å². The van der Waals surface area contributed by atoms with Crippen LogP contribution in [0.3, 0.4) is 0 Å². The van der Waals surface area contributed by atoms with E-state index in [0.29, 0.717) is 37.1 Å². The van der Waals surface area contributed by atoms with E-state index in [0.717, 1.165) is 26.5 Å². The van der Waals surface area contributed by atoms with Crippen molar-refractivity contribution in [1.82, 2.24) is 20.1 Å². The fraction of sp³-hybridized carbons (Fsp3) is 0.368. The van der Waals surface area contributed by atoms with Crippen LogP contribution in [-0.2, 0) is 9.53 Å². The van der Waals surface area contributed by atoms with Crippen LogP contribution in [0.5, 0.6) is 0 Å². The molecule has 2 aromatic heterocycles. The molecule has 0 unspecified atom stereocenters.